The highest BCUT2D eigenvalue weighted by Gasteiger charge is 2.16. The lowest BCUT2D eigenvalue weighted by Gasteiger charge is -2.17. The van der Waals surface area contributed by atoms with Crippen LogP contribution >= 0.6 is 22.7 Å². The molecule has 6 heteroatoms. The van der Waals surface area contributed by atoms with Crippen molar-refractivity contribution in [2.45, 2.75) is 46.7 Å². The third-order valence-corrected chi connectivity index (χ3v) is 5.38. The molecular weight excluding hydrogens is 302 g/mol. The van der Waals surface area contributed by atoms with Gasteiger partial charge in [0.05, 0.1) is 12.1 Å². The second-order valence-corrected chi connectivity index (χ2v) is 7.61. The number of thiazole rings is 1. The lowest BCUT2D eigenvalue weighted by atomic mass is 10.1. The van der Waals surface area contributed by atoms with E-state index in [1.165, 1.54) is 15.3 Å². The van der Waals surface area contributed by atoms with Crippen LogP contribution in [0.25, 0.3) is 0 Å². The second kappa shape index (κ2) is 6.58. The highest BCUT2D eigenvalue weighted by Crippen LogP contribution is 2.26. The fourth-order valence-electron chi connectivity index (χ4n) is 2.23. The van der Waals surface area contributed by atoms with Crippen molar-refractivity contribution in [2.24, 2.45) is 0 Å². The molecule has 2 heterocycles. The lowest BCUT2D eigenvalue weighted by molar-refractivity contribution is 0.235. The van der Waals surface area contributed by atoms with Crippen LogP contribution in [0.15, 0.2) is 11.4 Å². The predicted octanol–water partition coefficient (Wildman–Crippen LogP) is 4.25. The summed E-state index contributed by atoms with van der Waals surface area (Å²) in [6.45, 7) is 10.1. The van der Waals surface area contributed by atoms with Crippen molar-refractivity contribution in [3.63, 3.8) is 0 Å². The summed E-state index contributed by atoms with van der Waals surface area (Å²) in [5.74, 6) is 0. The molecule has 0 saturated carbocycles. The van der Waals surface area contributed by atoms with Crippen molar-refractivity contribution in [3.8, 4) is 0 Å². The van der Waals surface area contributed by atoms with E-state index in [1.807, 2.05) is 26.2 Å². The number of carbonyl (C=O) groups is 1. The maximum absolute atomic E-state index is 12.1. The van der Waals surface area contributed by atoms with E-state index in [1.54, 1.807) is 22.7 Å². The third-order valence-electron chi connectivity index (χ3n) is 3.25. The number of urea groups is 1. The Bertz CT molecular complexity index is 633. The molecule has 0 aromatic carbocycles. The molecule has 0 bridgehead atoms. The zero-order chi connectivity index (χ0) is 15.6. The van der Waals surface area contributed by atoms with Gasteiger partial charge in [-0.2, -0.15) is 0 Å². The van der Waals surface area contributed by atoms with Gasteiger partial charge in [-0.1, -0.05) is 0 Å². The minimum Gasteiger partial charge on any atom is -0.332 e. The molecular formula is C15H21N3OS2. The molecule has 0 radical (unpaired) electrons. The third kappa shape index (κ3) is 4.04. The Morgan fingerprint density at radius 1 is 1.19 bits per heavy atom. The molecule has 0 spiro atoms. The molecule has 0 aliphatic heterocycles. The largest absolute Gasteiger partial charge is 0.332 e. The average Bonchev–Trinajstić information content (AvgIpc) is 2.95. The highest BCUT2D eigenvalue weighted by molar-refractivity contribution is 7.12. The summed E-state index contributed by atoms with van der Waals surface area (Å²) < 4.78 is 0. The van der Waals surface area contributed by atoms with Crippen LogP contribution in [0, 0.1) is 20.8 Å². The van der Waals surface area contributed by atoms with Crippen molar-refractivity contribution in [2.75, 3.05) is 0 Å². The van der Waals surface area contributed by atoms with Crippen molar-refractivity contribution in [1.29, 1.82) is 0 Å². The van der Waals surface area contributed by atoms with Crippen molar-refractivity contribution in [1.82, 2.24) is 15.6 Å². The van der Waals surface area contributed by atoms with Gasteiger partial charge in [-0.3, -0.25) is 0 Å². The molecule has 4 nitrogen and oxygen atoms in total. The molecule has 0 saturated heterocycles. The van der Waals surface area contributed by atoms with Crippen LogP contribution in [0.1, 0.15) is 52.0 Å². The number of aromatic nitrogens is 1. The lowest BCUT2D eigenvalue weighted by Crippen LogP contribution is -2.38. The monoisotopic (exact) mass is 323 g/mol. The molecule has 2 aromatic rings. The number of aryl methyl sites for hydroxylation is 3. The topological polar surface area (TPSA) is 54.0 Å². The Kier molecular flexibility index (Phi) is 5.00. The van der Waals surface area contributed by atoms with Crippen LogP contribution in [-0.4, -0.2) is 11.0 Å². The Morgan fingerprint density at radius 2 is 1.86 bits per heavy atom. The van der Waals surface area contributed by atoms with Crippen molar-refractivity contribution < 1.29 is 4.79 Å². The van der Waals surface area contributed by atoms with Gasteiger partial charge >= 0.3 is 6.03 Å². The van der Waals surface area contributed by atoms with E-state index < -0.39 is 0 Å². The molecule has 2 atom stereocenters. The van der Waals surface area contributed by atoms with Gasteiger partial charge in [-0.25, -0.2) is 9.78 Å². The first kappa shape index (κ1) is 16.0. The van der Waals surface area contributed by atoms with Gasteiger partial charge < -0.3 is 10.6 Å². The minimum atomic E-state index is -0.161. The van der Waals surface area contributed by atoms with Gasteiger partial charge in [0.2, 0.25) is 0 Å². The Labute approximate surface area is 133 Å². The number of rotatable bonds is 4. The summed E-state index contributed by atoms with van der Waals surface area (Å²) in [5, 5.41) is 8.85. The highest BCUT2D eigenvalue weighted by atomic mass is 32.1. The van der Waals surface area contributed by atoms with Crippen LogP contribution in [0.4, 0.5) is 4.79 Å². The molecule has 0 aliphatic rings. The number of hydrogen-bond acceptors (Lipinski definition) is 4. The number of hydrogen-bond donors (Lipinski definition) is 2. The molecule has 114 valence electrons. The molecule has 2 N–H and O–H groups in total. The fourth-order valence-corrected chi connectivity index (χ4v) is 4.05. The van der Waals surface area contributed by atoms with Crippen molar-refractivity contribution in [3.05, 3.63) is 37.5 Å². The van der Waals surface area contributed by atoms with E-state index in [4.69, 9.17) is 0 Å². The van der Waals surface area contributed by atoms with E-state index in [0.717, 1.165) is 10.7 Å². The SMILES string of the molecule is Cc1csc([C@H](C)NC(=O)N[C@@H](C)c2cc(C)sc2C)n1. The van der Waals surface area contributed by atoms with Crippen molar-refractivity contribution >= 4 is 28.7 Å². The first-order chi connectivity index (χ1) is 9.86. The van der Waals surface area contributed by atoms with Gasteiger partial charge in [0.1, 0.15) is 5.01 Å². The van der Waals surface area contributed by atoms with Crippen LogP contribution < -0.4 is 10.6 Å². The molecule has 2 amide bonds. The molecule has 2 rings (SSSR count). The van der Waals surface area contributed by atoms with Gasteiger partial charge in [0.25, 0.3) is 0 Å². The minimum absolute atomic E-state index is 0.000168. The molecule has 0 fully saturated rings. The van der Waals surface area contributed by atoms with Crippen LogP contribution in [0.3, 0.4) is 0 Å². The predicted molar refractivity (Wildman–Crippen MR) is 89.1 cm³/mol. The number of nitrogens with zero attached hydrogens (tertiary/aromatic N) is 1. The standard InChI is InChI=1S/C15H21N3OS2/c1-8-7-20-14(16-8)11(4)18-15(19)17-10(3)13-6-9(2)21-12(13)5/h6-7,10-11H,1-5H3,(H2,17,18,19)/t10-,11-/m0/s1. The summed E-state index contributed by atoms with van der Waals surface area (Å²) in [6, 6.07) is 1.89. The summed E-state index contributed by atoms with van der Waals surface area (Å²) >= 11 is 3.33. The van der Waals surface area contributed by atoms with Gasteiger partial charge in [-0.15, -0.1) is 22.7 Å². The Balaban J connectivity index is 1.94. The average molecular weight is 323 g/mol. The van der Waals surface area contributed by atoms with Gasteiger partial charge in [-0.05, 0) is 46.2 Å². The molecule has 2 aromatic heterocycles. The van der Waals surface area contributed by atoms with Crippen LogP contribution in [0.2, 0.25) is 0 Å². The quantitative estimate of drug-likeness (QED) is 0.883. The number of carbonyl (C=O) groups excluding carboxylic acids is 1. The second-order valence-electron chi connectivity index (χ2n) is 5.26. The van der Waals surface area contributed by atoms with E-state index in [-0.39, 0.29) is 18.1 Å². The molecule has 21 heavy (non-hydrogen) atoms. The van der Waals surface area contributed by atoms with E-state index in [9.17, 15) is 4.79 Å². The number of amides is 2. The summed E-state index contributed by atoms with van der Waals surface area (Å²) in [7, 11) is 0. The fraction of sp³-hybridized carbons (Fsp3) is 0.467. The maximum Gasteiger partial charge on any atom is 0.315 e. The first-order valence-corrected chi connectivity index (χ1v) is 8.62. The summed E-state index contributed by atoms with van der Waals surface area (Å²) in [4.78, 5) is 19.0. The Hall–Kier alpha value is -1.40. The maximum atomic E-state index is 12.1. The number of nitrogens with one attached hydrogen (secondary N) is 2. The first-order valence-electron chi connectivity index (χ1n) is 6.92. The van der Waals surface area contributed by atoms with Crippen LogP contribution in [0.5, 0.6) is 0 Å². The zero-order valence-electron chi connectivity index (χ0n) is 13.0. The normalized spacial score (nSPS) is 13.8. The van der Waals surface area contributed by atoms with E-state index in [0.29, 0.717) is 0 Å². The smallest absolute Gasteiger partial charge is 0.315 e. The number of thiophene rings is 1. The molecule has 0 aliphatic carbocycles. The van der Waals surface area contributed by atoms with Crippen LogP contribution in [-0.2, 0) is 0 Å². The van der Waals surface area contributed by atoms with E-state index >= 15 is 0 Å². The molecule has 0 unspecified atom stereocenters. The summed E-state index contributed by atoms with van der Waals surface area (Å²) in [6.07, 6.45) is 0. The van der Waals surface area contributed by atoms with E-state index in [2.05, 4.69) is 35.5 Å². The van der Waals surface area contributed by atoms with Gasteiger partial charge in [0, 0.05) is 20.8 Å². The summed E-state index contributed by atoms with van der Waals surface area (Å²) in [5.41, 5.74) is 2.17. The van der Waals surface area contributed by atoms with Gasteiger partial charge in [0.15, 0.2) is 0 Å². The Morgan fingerprint density at radius 3 is 2.38 bits per heavy atom. The zero-order valence-corrected chi connectivity index (χ0v) is 14.6.